The number of carbonyl (C=O) groups excluding carboxylic acids is 4. The molecule has 0 radical (unpaired) electrons. The molecule has 0 spiro atoms. The first-order valence-corrected chi connectivity index (χ1v) is 9.97. The molecule has 1 aromatic rings. The summed E-state index contributed by atoms with van der Waals surface area (Å²) < 4.78 is 29.8. The SMILES string of the molecule is C=C(/C=C1/CN(C2CCC(=O)NC2=O)C(=O)C1=C)CNC(=O)C(F)(F)c1ccc(=O)n(C)c1. The van der Waals surface area contributed by atoms with Crippen LogP contribution in [0.2, 0.25) is 0 Å². The van der Waals surface area contributed by atoms with Crippen LogP contribution in [0.3, 0.4) is 0 Å². The number of nitrogens with one attached hydrogen (secondary N) is 2. The van der Waals surface area contributed by atoms with Crippen molar-refractivity contribution in [2.75, 3.05) is 13.1 Å². The Hall–Kier alpha value is -3.89. The Kier molecular flexibility index (Phi) is 6.43. The maximum absolute atomic E-state index is 14.5. The Labute approximate surface area is 187 Å². The Bertz CT molecular complexity index is 1170. The lowest BCUT2D eigenvalue weighted by Crippen LogP contribution is -2.52. The highest BCUT2D eigenvalue weighted by atomic mass is 19.3. The molecular formula is C22H22F2N4O5. The maximum Gasteiger partial charge on any atom is 0.351 e. The van der Waals surface area contributed by atoms with Gasteiger partial charge in [0.05, 0.1) is 0 Å². The minimum Gasteiger partial charge on any atom is -0.346 e. The Morgan fingerprint density at radius 2 is 2.00 bits per heavy atom. The number of imide groups is 1. The Balaban J connectivity index is 1.64. The number of rotatable bonds is 6. The largest absolute Gasteiger partial charge is 0.351 e. The fourth-order valence-corrected chi connectivity index (χ4v) is 3.54. The number of piperidine rings is 1. The van der Waals surface area contributed by atoms with Gasteiger partial charge in [-0.05, 0) is 23.6 Å². The highest BCUT2D eigenvalue weighted by molar-refractivity contribution is 6.06. The van der Waals surface area contributed by atoms with Gasteiger partial charge in [0, 0.05) is 50.0 Å². The van der Waals surface area contributed by atoms with Gasteiger partial charge in [-0.25, -0.2) is 0 Å². The van der Waals surface area contributed by atoms with Gasteiger partial charge < -0.3 is 14.8 Å². The van der Waals surface area contributed by atoms with Crippen LogP contribution in [-0.4, -0.2) is 52.2 Å². The number of likely N-dealkylation sites (tertiary alicyclic amines) is 1. The number of aromatic nitrogens is 1. The molecule has 1 atom stereocenters. The lowest BCUT2D eigenvalue weighted by Gasteiger charge is -2.28. The maximum atomic E-state index is 14.5. The number of amides is 4. The van der Waals surface area contributed by atoms with Crippen LogP contribution in [0.15, 0.2) is 59.1 Å². The van der Waals surface area contributed by atoms with Crippen molar-refractivity contribution in [3.8, 4) is 0 Å². The van der Waals surface area contributed by atoms with Crippen LogP contribution in [0.4, 0.5) is 8.78 Å². The summed E-state index contributed by atoms with van der Waals surface area (Å²) in [6.07, 6.45) is 2.62. The standard InChI is InChI=1S/C22H22F2N4O5/c1-12(9-25-21(33)22(23,24)15-4-7-18(30)27(3)11-15)8-14-10-28(20(32)13(14)2)16-5-6-17(29)26-19(16)31/h4,7-8,11,16H,1-2,5-6,9-10H2,3H3,(H,25,33)(H,26,29,31)/b14-8-. The van der Waals surface area contributed by atoms with E-state index in [0.717, 1.165) is 22.9 Å². The average molecular weight is 460 g/mol. The van der Waals surface area contributed by atoms with Crippen LogP contribution < -0.4 is 16.2 Å². The summed E-state index contributed by atoms with van der Waals surface area (Å²) in [5.41, 5.74) is -0.362. The van der Waals surface area contributed by atoms with Gasteiger partial charge in [-0.15, -0.1) is 0 Å². The zero-order valence-corrected chi connectivity index (χ0v) is 17.8. The van der Waals surface area contributed by atoms with Gasteiger partial charge in [0.15, 0.2) is 0 Å². The van der Waals surface area contributed by atoms with Crippen LogP contribution >= 0.6 is 0 Å². The van der Waals surface area contributed by atoms with Crippen molar-refractivity contribution < 1.29 is 28.0 Å². The predicted octanol–water partition coefficient (Wildman–Crippen LogP) is 0.279. The molecule has 33 heavy (non-hydrogen) atoms. The number of alkyl halides is 2. The van der Waals surface area contributed by atoms with Crippen LogP contribution in [0.1, 0.15) is 18.4 Å². The third kappa shape index (κ3) is 4.81. The number of aryl methyl sites for hydroxylation is 1. The lowest BCUT2D eigenvalue weighted by molar-refractivity contribution is -0.146. The molecule has 3 heterocycles. The van der Waals surface area contributed by atoms with Gasteiger partial charge in [0.1, 0.15) is 6.04 Å². The molecule has 3 rings (SSSR count). The molecule has 4 amide bonds. The molecule has 2 fully saturated rings. The molecule has 2 aliphatic heterocycles. The minimum atomic E-state index is -3.88. The van der Waals surface area contributed by atoms with Crippen molar-refractivity contribution in [1.29, 1.82) is 0 Å². The summed E-state index contributed by atoms with van der Waals surface area (Å²) >= 11 is 0. The van der Waals surface area contributed by atoms with Crippen LogP contribution in [0.25, 0.3) is 0 Å². The van der Waals surface area contributed by atoms with Crippen molar-refractivity contribution in [3.63, 3.8) is 0 Å². The van der Waals surface area contributed by atoms with E-state index in [1.54, 1.807) is 0 Å². The molecule has 0 aromatic carbocycles. The summed E-state index contributed by atoms with van der Waals surface area (Å²) in [5, 5.41) is 4.28. The van der Waals surface area contributed by atoms with Gasteiger partial charge in [-0.3, -0.25) is 29.3 Å². The van der Waals surface area contributed by atoms with E-state index in [2.05, 4.69) is 23.8 Å². The summed E-state index contributed by atoms with van der Waals surface area (Å²) in [7, 11) is 1.29. The van der Waals surface area contributed by atoms with E-state index >= 15 is 0 Å². The minimum absolute atomic E-state index is 0.0329. The number of nitrogens with zero attached hydrogens (tertiary/aromatic N) is 2. The van der Waals surface area contributed by atoms with Crippen molar-refractivity contribution in [2.24, 2.45) is 7.05 Å². The topological polar surface area (TPSA) is 118 Å². The predicted molar refractivity (Wildman–Crippen MR) is 113 cm³/mol. The lowest BCUT2D eigenvalue weighted by atomic mass is 10.0. The molecular weight excluding hydrogens is 438 g/mol. The zero-order valence-electron chi connectivity index (χ0n) is 17.8. The average Bonchev–Trinajstić information content (AvgIpc) is 3.02. The van der Waals surface area contributed by atoms with Crippen molar-refractivity contribution >= 4 is 23.6 Å². The van der Waals surface area contributed by atoms with E-state index in [9.17, 15) is 32.8 Å². The van der Waals surface area contributed by atoms with E-state index in [4.69, 9.17) is 0 Å². The zero-order chi connectivity index (χ0) is 24.5. The van der Waals surface area contributed by atoms with Gasteiger partial charge in [0.2, 0.25) is 17.4 Å². The second-order valence-electron chi connectivity index (χ2n) is 7.83. The molecule has 11 heteroatoms. The van der Waals surface area contributed by atoms with E-state index in [-0.39, 0.29) is 37.1 Å². The molecule has 2 saturated heterocycles. The second kappa shape index (κ2) is 8.93. The summed E-state index contributed by atoms with van der Waals surface area (Å²) in [6, 6.07) is 1.01. The van der Waals surface area contributed by atoms with E-state index in [1.807, 2.05) is 0 Å². The van der Waals surface area contributed by atoms with Gasteiger partial charge in [-0.1, -0.05) is 19.2 Å². The first-order valence-electron chi connectivity index (χ1n) is 9.97. The highest BCUT2D eigenvalue weighted by Crippen LogP contribution is 2.29. The number of halogens is 2. The first kappa shape index (κ1) is 23.8. The molecule has 0 aliphatic carbocycles. The Morgan fingerprint density at radius 3 is 2.64 bits per heavy atom. The summed E-state index contributed by atoms with van der Waals surface area (Å²) in [6.45, 7) is 7.13. The molecule has 2 aliphatic rings. The third-order valence-electron chi connectivity index (χ3n) is 5.42. The molecule has 9 nitrogen and oxygen atoms in total. The Morgan fingerprint density at radius 1 is 1.30 bits per heavy atom. The first-order chi connectivity index (χ1) is 15.4. The highest BCUT2D eigenvalue weighted by Gasteiger charge is 2.42. The fourth-order valence-electron chi connectivity index (χ4n) is 3.54. The van der Waals surface area contributed by atoms with E-state index < -0.39 is 46.7 Å². The molecule has 1 aromatic heterocycles. The van der Waals surface area contributed by atoms with Crippen LogP contribution in [0, 0.1) is 0 Å². The molecule has 0 bridgehead atoms. The van der Waals surface area contributed by atoms with Crippen molar-refractivity contribution in [3.05, 3.63) is 70.2 Å². The van der Waals surface area contributed by atoms with Crippen molar-refractivity contribution in [2.45, 2.75) is 24.8 Å². The molecule has 174 valence electrons. The number of hydrogen-bond acceptors (Lipinski definition) is 5. The number of pyridine rings is 1. The van der Waals surface area contributed by atoms with Crippen LogP contribution in [0.5, 0.6) is 0 Å². The van der Waals surface area contributed by atoms with Crippen molar-refractivity contribution in [1.82, 2.24) is 20.1 Å². The molecule has 2 N–H and O–H groups in total. The smallest absolute Gasteiger partial charge is 0.346 e. The van der Waals surface area contributed by atoms with Gasteiger partial charge in [0.25, 0.3) is 11.8 Å². The fraction of sp³-hybridized carbons (Fsp3) is 0.318. The van der Waals surface area contributed by atoms with E-state index in [0.29, 0.717) is 5.57 Å². The van der Waals surface area contributed by atoms with E-state index in [1.165, 1.54) is 18.0 Å². The number of hydrogen-bond donors (Lipinski definition) is 2. The normalized spacial score (nSPS) is 20.3. The second-order valence-corrected chi connectivity index (χ2v) is 7.83. The summed E-state index contributed by atoms with van der Waals surface area (Å²) in [4.78, 5) is 60.7. The third-order valence-corrected chi connectivity index (χ3v) is 5.42. The van der Waals surface area contributed by atoms with Gasteiger partial charge in [-0.2, -0.15) is 8.78 Å². The summed E-state index contributed by atoms with van der Waals surface area (Å²) in [5.74, 6) is -6.91. The van der Waals surface area contributed by atoms with Crippen LogP contribution in [-0.2, 0) is 32.1 Å². The molecule has 0 saturated carbocycles. The number of carbonyl (C=O) groups is 4. The van der Waals surface area contributed by atoms with Gasteiger partial charge >= 0.3 is 5.92 Å². The monoisotopic (exact) mass is 460 g/mol. The molecule has 1 unspecified atom stereocenters. The quantitative estimate of drug-likeness (QED) is 0.467.